The number of esters is 1. The fourth-order valence-electron chi connectivity index (χ4n) is 3.96. The second kappa shape index (κ2) is 11.1. The summed E-state index contributed by atoms with van der Waals surface area (Å²) in [4.78, 5) is 38.3. The molecular formula is C23H29N3O7. The van der Waals surface area contributed by atoms with Gasteiger partial charge in [-0.25, -0.2) is 4.79 Å². The SMILES string of the molecule is COCCCn1c(C)cc(C(=O)COC(=O)c2cc([N+](=O)[O-])ccc2N2CCOCC2)c1C. The molecule has 2 aromatic rings. The van der Waals surface area contributed by atoms with Crippen molar-refractivity contribution in [2.45, 2.75) is 26.8 Å². The summed E-state index contributed by atoms with van der Waals surface area (Å²) >= 11 is 0. The van der Waals surface area contributed by atoms with Crippen molar-refractivity contribution in [1.82, 2.24) is 4.57 Å². The van der Waals surface area contributed by atoms with Gasteiger partial charge in [-0.3, -0.25) is 14.9 Å². The van der Waals surface area contributed by atoms with Crippen molar-refractivity contribution in [2.75, 3.05) is 51.5 Å². The first-order valence-electron chi connectivity index (χ1n) is 10.8. The van der Waals surface area contributed by atoms with Crippen LogP contribution in [0.4, 0.5) is 11.4 Å². The number of aromatic nitrogens is 1. The molecule has 0 N–H and O–H groups in total. The lowest BCUT2D eigenvalue weighted by atomic mass is 10.1. The first-order valence-corrected chi connectivity index (χ1v) is 10.8. The number of non-ortho nitro benzene ring substituents is 1. The molecular weight excluding hydrogens is 430 g/mol. The quantitative estimate of drug-likeness (QED) is 0.175. The molecule has 0 spiro atoms. The highest BCUT2D eigenvalue weighted by molar-refractivity contribution is 6.02. The molecule has 1 fully saturated rings. The van der Waals surface area contributed by atoms with Gasteiger partial charge in [0.2, 0.25) is 5.78 Å². The highest BCUT2D eigenvalue weighted by Gasteiger charge is 2.24. The number of hydrogen-bond acceptors (Lipinski definition) is 8. The smallest absolute Gasteiger partial charge is 0.340 e. The maximum Gasteiger partial charge on any atom is 0.340 e. The normalized spacial score (nSPS) is 13.7. The third kappa shape index (κ3) is 5.77. The van der Waals surface area contributed by atoms with Gasteiger partial charge >= 0.3 is 5.97 Å². The molecule has 0 amide bonds. The fourth-order valence-corrected chi connectivity index (χ4v) is 3.96. The monoisotopic (exact) mass is 459 g/mol. The minimum Gasteiger partial charge on any atom is -0.454 e. The largest absolute Gasteiger partial charge is 0.454 e. The van der Waals surface area contributed by atoms with Crippen molar-refractivity contribution in [3.63, 3.8) is 0 Å². The first-order chi connectivity index (χ1) is 15.8. The molecule has 0 bridgehead atoms. The van der Waals surface area contributed by atoms with Crippen molar-refractivity contribution in [2.24, 2.45) is 0 Å². The lowest BCUT2D eigenvalue weighted by Gasteiger charge is -2.30. The van der Waals surface area contributed by atoms with E-state index in [-0.39, 0.29) is 17.0 Å². The van der Waals surface area contributed by atoms with Gasteiger partial charge in [0, 0.05) is 62.4 Å². The van der Waals surface area contributed by atoms with E-state index in [0.717, 1.165) is 24.4 Å². The number of carbonyl (C=O) groups excluding carboxylic acids is 2. The van der Waals surface area contributed by atoms with Crippen molar-refractivity contribution >= 4 is 23.1 Å². The van der Waals surface area contributed by atoms with Gasteiger partial charge in [-0.15, -0.1) is 0 Å². The minimum atomic E-state index is -0.776. The number of aryl methyl sites for hydroxylation is 1. The van der Waals surface area contributed by atoms with Crippen LogP contribution in [0.2, 0.25) is 0 Å². The van der Waals surface area contributed by atoms with Crippen LogP contribution in [0.3, 0.4) is 0 Å². The molecule has 0 saturated carbocycles. The maximum absolute atomic E-state index is 12.9. The highest BCUT2D eigenvalue weighted by atomic mass is 16.6. The zero-order valence-corrected chi connectivity index (χ0v) is 19.2. The Morgan fingerprint density at radius 3 is 2.55 bits per heavy atom. The van der Waals surface area contributed by atoms with E-state index in [2.05, 4.69) is 0 Å². The number of morpholine rings is 1. The molecule has 0 unspecified atom stereocenters. The number of methoxy groups -OCH3 is 1. The van der Waals surface area contributed by atoms with Gasteiger partial charge in [0.05, 0.1) is 29.4 Å². The summed E-state index contributed by atoms with van der Waals surface area (Å²) in [6.45, 7) is 6.73. The average molecular weight is 459 g/mol. The van der Waals surface area contributed by atoms with Gasteiger partial charge < -0.3 is 23.7 Å². The van der Waals surface area contributed by atoms with E-state index in [9.17, 15) is 19.7 Å². The Kier molecular flexibility index (Phi) is 8.18. The number of nitro groups is 1. The van der Waals surface area contributed by atoms with Crippen LogP contribution in [0.25, 0.3) is 0 Å². The number of ketones is 1. The predicted octanol–water partition coefficient (Wildman–Crippen LogP) is 2.93. The van der Waals surface area contributed by atoms with Crippen molar-refractivity contribution in [3.8, 4) is 0 Å². The number of nitro benzene ring substituents is 1. The molecule has 1 aromatic carbocycles. The maximum atomic E-state index is 12.9. The van der Waals surface area contributed by atoms with Crippen molar-refractivity contribution in [3.05, 3.63) is 56.9 Å². The van der Waals surface area contributed by atoms with E-state index in [1.54, 1.807) is 13.2 Å². The third-order valence-corrected chi connectivity index (χ3v) is 5.70. The number of anilines is 1. The first kappa shape index (κ1) is 24.4. The number of nitrogens with zero attached hydrogens (tertiary/aromatic N) is 3. The summed E-state index contributed by atoms with van der Waals surface area (Å²) in [7, 11) is 1.64. The van der Waals surface area contributed by atoms with Crippen LogP contribution in [-0.4, -0.2) is 67.9 Å². The lowest BCUT2D eigenvalue weighted by Crippen LogP contribution is -2.37. The van der Waals surface area contributed by atoms with Gasteiger partial charge in [0.15, 0.2) is 6.61 Å². The number of carbonyl (C=O) groups is 2. The van der Waals surface area contributed by atoms with Gasteiger partial charge in [0.1, 0.15) is 0 Å². The molecule has 0 aliphatic carbocycles. The molecule has 178 valence electrons. The summed E-state index contributed by atoms with van der Waals surface area (Å²) < 4.78 is 17.8. The summed E-state index contributed by atoms with van der Waals surface area (Å²) in [5, 5.41) is 11.2. The molecule has 10 heteroatoms. The van der Waals surface area contributed by atoms with Crippen molar-refractivity contribution < 1.29 is 28.7 Å². The van der Waals surface area contributed by atoms with Crippen LogP contribution in [0.15, 0.2) is 24.3 Å². The number of benzene rings is 1. The third-order valence-electron chi connectivity index (χ3n) is 5.70. The molecule has 1 saturated heterocycles. The van der Waals surface area contributed by atoms with E-state index in [4.69, 9.17) is 14.2 Å². The number of Topliss-reactive ketones (excluding diaryl/α,β-unsaturated/α-hetero) is 1. The summed E-state index contributed by atoms with van der Waals surface area (Å²) in [6, 6.07) is 5.87. The van der Waals surface area contributed by atoms with Crippen LogP contribution >= 0.6 is 0 Å². The Hall–Kier alpha value is -3.24. The molecule has 1 aliphatic heterocycles. The lowest BCUT2D eigenvalue weighted by molar-refractivity contribution is -0.384. The molecule has 1 aromatic heterocycles. The molecule has 0 atom stereocenters. The second-order valence-electron chi connectivity index (χ2n) is 7.84. The minimum absolute atomic E-state index is 0.0592. The number of ether oxygens (including phenoxy) is 3. The Labute approximate surface area is 192 Å². The molecule has 33 heavy (non-hydrogen) atoms. The Morgan fingerprint density at radius 1 is 1.15 bits per heavy atom. The summed E-state index contributed by atoms with van der Waals surface area (Å²) in [5.41, 5.74) is 2.59. The van der Waals surface area contributed by atoms with Gasteiger partial charge in [-0.05, 0) is 32.4 Å². The van der Waals surface area contributed by atoms with Crippen molar-refractivity contribution in [1.29, 1.82) is 0 Å². The number of hydrogen-bond donors (Lipinski definition) is 0. The highest BCUT2D eigenvalue weighted by Crippen LogP contribution is 2.27. The zero-order chi connectivity index (χ0) is 24.0. The summed E-state index contributed by atoms with van der Waals surface area (Å²) in [5.74, 6) is -1.10. The van der Waals surface area contributed by atoms with Gasteiger partial charge in [-0.1, -0.05) is 0 Å². The molecule has 3 rings (SSSR count). The standard InChI is InChI=1S/C23H29N3O7/c1-16-13-19(17(2)25(16)7-4-10-31-3)22(27)15-33-23(28)20-14-18(26(29)30)5-6-21(20)24-8-11-32-12-9-24/h5-6,13-14H,4,7-12,15H2,1-3H3. The van der Waals surface area contributed by atoms with Crippen LogP contribution in [0, 0.1) is 24.0 Å². The van der Waals surface area contributed by atoms with E-state index in [1.165, 1.54) is 18.2 Å². The molecule has 1 aliphatic rings. The van der Waals surface area contributed by atoms with E-state index < -0.39 is 17.5 Å². The Balaban J connectivity index is 1.75. The number of rotatable bonds is 10. The van der Waals surface area contributed by atoms with E-state index in [1.807, 2.05) is 23.3 Å². The second-order valence-corrected chi connectivity index (χ2v) is 7.84. The van der Waals surface area contributed by atoms with Crippen LogP contribution in [0.1, 0.15) is 38.5 Å². The zero-order valence-electron chi connectivity index (χ0n) is 19.2. The van der Waals surface area contributed by atoms with Crippen LogP contribution < -0.4 is 4.90 Å². The molecule has 10 nitrogen and oxygen atoms in total. The molecule has 2 heterocycles. The van der Waals surface area contributed by atoms with Crippen LogP contribution in [0.5, 0.6) is 0 Å². The van der Waals surface area contributed by atoms with Crippen LogP contribution in [-0.2, 0) is 20.8 Å². The topological polar surface area (TPSA) is 113 Å². The Bertz CT molecular complexity index is 1030. The Morgan fingerprint density at radius 2 is 1.88 bits per heavy atom. The van der Waals surface area contributed by atoms with E-state index >= 15 is 0 Å². The fraction of sp³-hybridized carbons (Fsp3) is 0.478. The van der Waals surface area contributed by atoms with E-state index in [0.29, 0.717) is 44.2 Å². The van der Waals surface area contributed by atoms with Gasteiger partial charge in [0.25, 0.3) is 5.69 Å². The van der Waals surface area contributed by atoms with Gasteiger partial charge in [-0.2, -0.15) is 0 Å². The molecule has 0 radical (unpaired) electrons. The summed E-state index contributed by atoms with van der Waals surface area (Å²) in [6.07, 6.45) is 0.812. The average Bonchev–Trinajstić information content (AvgIpc) is 3.11. The predicted molar refractivity (Wildman–Crippen MR) is 121 cm³/mol.